The predicted octanol–water partition coefficient (Wildman–Crippen LogP) is -0.157. The van der Waals surface area contributed by atoms with Gasteiger partial charge >= 0.3 is 5.69 Å². The van der Waals surface area contributed by atoms with Crippen molar-refractivity contribution in [3.8, 4) is 0 Å². The number of hydrogen-bond acceptors (Lipinski definition) is 4. The van der Waals surface area contributed by atoms with Crippen molar-refractivity contribution >= 4 is 5.78 Å². The molecule has 1 aromatic heterocycles. The molecule has 1 atom stereocenters. The minimum atomic E-state index is -0.405. The van der Waals surface area contributed by atoms with Crippen molar-refractivity contribution in [2.24, 2.45) is 0 Å². The molecule has 0 bridgehead atoms. The molecular formula is C9H10N2O3. The van der Waals surface area contributed by atoms with Gasteiger partial charge in [-0.25, -0.2) is 9.78 Å². The van der Waals surface area contributed by atoms with E-state index in [-0.39, 0.29) is 11.7 Å². The highest BCUT2D eigenvalue weighted by Crippen LogP contribution is 2.20. The first-order valence-electron chi connectivity index (χ1n) is 4.42. The molecule has 0 amide bonds. The van der Waals surface area contributed by atoms with Crippen LogP contribution < -0.4 is 5.69 Å². The molecule has 1 aliphatic rings. The van der Waals surface area contributed by atoms with Gasteiger partial charge in [-0.3, -0.25) is 4.79 Å². The third-order valence-electron chi connectivity index (χ3n) is 2.26. The van der Waals surface area contributed by atoms with Crippen LogP contribution in [0.5, 0.6) is 0 Å². The lowest BCUT2D eigenvalue weighted by atomic mass is 9.95. The summed E-state index contributed by atoms with van der Waals surface area (Å²) in [5.41, 5.74) is 0.312. The Morgan fingerprint density at radius 3 is 3.00 bits per heavy atom. The van der Waals surface area contributed by atoms with Crippen molar-refractivity contribution in [1.29, 1.82) is 0 Å². The van der Waals surface area contributed by atoms with Crippen LogP contribution in [0, 0.1) is 0 Å². The Hall–Kier alpha value is -1.49. The van der Waals surface area contributed by atoms with E-state index in [1.165, 1.54) is 12.4 Å². The van der Waals surface area contributed by atoms with E-state index in [0.29, 0.717) is 25.2 Å². The number of ether oxygens (including phenoxy) is 1. The molecule has 0 radical (unpaired) electrons. The maximum atomic E-state index is 11.5. The summed E-state index contributed by atoms with van der Waals surface area (Å²) in [6.45, 7) is 0.874. The zero-order chi connectivity index (χ0) is 9.97. The van der Waals surface area contributed by atoms with E-state index < -0.39 is 5.69 Å². The molecule has 2 heterocycles. The van der Waals surface area contributed by atoms with Gasteiger partial charge in [0.15, 0.2) is 0 Å². The van der Waals surface area contributed by atoms with Crippen molar-refractivity contribution in [1.82, 2.24) is 9.97 Å². The molecule has 1 N–H and O–H groups in total. The van der Waals surface area contributed by atoms with Gasteiger partial charge in [0.1, 0.15) is 5.78 Å². The number of carbonyl (C=O) groups excluding carboxylic acids is 1. The molecule has 5 nitrogen and oxygen atoms in total. The number of nitrogens with zero attached hydrogens (tertiary/aromatic N) is 1. The van der Waals surface area contributed by atoms with E-state index in [1.807, 2.05) is 0 Å². The Balaban J connectivity index is 2.25. The van der Waals surface area contributed by atoms with Crippen LogP contribution in [-0.2, 0) is 9.53 Å². The Kier molecular flexibility index (Phi) is 2.41. The average Bonchev–Trinajstić information content (AvgIpc) is 2.20. The number of aromatic nitrogens is 2. The summed E-state index contributed by atoms with van der Waals surface area (Å²) < 4.78 is 5.20. The van der Waals surface area contributed by atoms with Crippen LogP contribution in [0.25, 0.3) is 0 Å². The minimum Gasteiger partial charge on any atom is -0.380 e. The fourth-order valence-corrected chi connectivity index (χ4v) is 1.47. The van der Waals surface area contributed by atoms with Crippen LogP contribution in [-0.4, -0.2) is 29.0 Å². The number of carbonyl (C=O) groups is 1. The zero-order valence-corrected chi connectivity index (χ0v) is 7.53. The molecule has 0 aliphatic carbocycles. The molecule has 74 valence electrons. The van der Waals surface area contributed by atoms with Gasteiger partial charge in [-0.1, -0.05) is 0 Å². The number of rotatable bonds is 1. The Morgan fingerprint density at radius 1 is 1.50 bits per heavy atom. The summed E-state index contributed by atoms with van der Waals surface area (Å²) in [4.78, 5) is 28.2. The van der Waals surface area contributed by atoms with Gasteiger partial charge in [-0.05, 0) is 5.56 Å². The molecule has 0 aromatic carbocycles. The molecule has 1 aromatic rings. The van der Waals surface area contributed by atoms with Gasteiger partial charge in [0.05, 0.1) is 19.1 Å². The third-order valence-corrected chi connectivity index (χ3v) is 2.26. The summed E-state index contributed by atoms with van der Waals surface area (Å²) in [7, 11) is 0. The number of hydrogen-bond donors (Lipinski definition) is 1. The summed E-state index contributed by atoms with van der Waals surface area (Å²) in [5, 5.41) is 0. The molecule has 2 rings (SSSR count). The number of ketones is 1. The lowest BCUT2D eigenvalue weighted by Gasteiger charge is -2.20. The van der Waals surface area contributed by atoms with Crippen molar-refractivity contribution < 1.29 is 9.53 Å². The largest absolute Gasteiger partial charge is 0.380 e. The molecule has 1 fully saturated rings. The van der Waals surface area contributed by atoms with Gasteiger partial charge in [0.2, 0.25) is 0 Å². The van der Waals surface area contributed by atoms with Gasteiger partial charge in [-0.15, -0.1) is 0 Å². The second-order valence-corrected chi connectivity index (χ2v) is 3.20. The summed E-state index contributed by atoms with van der Waals surface area (Å²) in [6, 6.07) is 0. The first kappa shape index (κ1) is 9.08. The van der Waals surface area contributed by atoms with Crippen molar-refractivity contribution in [3.05, 3.63) is 28.4 Å². The molecule has 5 heteroatoms. The van der Waals surface area contributed by atoms with Gasteiger partial charge in [0, 0.05) is 18.8 Å². The van der Waals surface area contributed by atoms with Gasteiger partial charge in [0.25, 0.3) is 0 Å². The lowest BCUT2D eigenvalue weighted by molar-refractivity contribution is -0.126. The van der Waals surface area contributed by atoms with E-state index in [9.17, 15) is 9.59 Å². The molecule has 1 aliphatic heterocycles. The minimum absolute atomic E-state index is 0.144. The highest BCUT2D eigenvalue weighted by molar-refractivity contribution is 5.86. The van der Waals surface area contributed by atoms with Crippen molar-refractivity contribution in [3.63, 3.8) is 0 Å². The Morgan fingerprint density at radius 2 is 2.36 bits per heavy atom. The highest BCUT2D eigenvalue weighted by atomic mass is 16.5. The monoisotopic (exact) mass is 194 g/mol. The molecule has 1 saturated heterocycles. The molecule has 0 spiro atoms. The van der Waals surface area contributed by atoms with E-state index in [2.05, 4.69) is 9.97 Å². The number of H-pyrrole nitrogens is 1. The van der Waals surface area contributed by atoms with Crippen LogP contribution in [0.15, 0.2) is 17.2 Å². The van der Waals surface area contributed by atoms with Crippen molar-refractivity contribution in [2.75, 3.05) is 13.2 Å². The average molecular weight is 194 g/mol. The summed E-state index contributed by atoms with van der Waals surface area (Å²) >= 11 is 0. The zero-order valence-electron chi connectivity index (χ0n) is 7.53. The topological polar surface area (TPSA) is 72.0 Å². The predicted molar refractivity (Wildman–Crippen MR) is 48.0 cm³/mol. The van der Waals surface area contributed by atoms with Crippen LogP contribution >= 0.6 is 0 Å². The van der Waals surface area contributed by atoms with E-state index in [0.717, 1.165) is 0 Å². The number of Topliss-reactive ketones (excluding diaryl/α,β-unsaturated/α-hetero) is 1. The fourth-order valence-electron chi connectivity index (χ4n) is 1.47. The van der Waals surface area contributed by atoms with E-state index in [1.54, 1.807) is 0 Å². The lowest BCUT2D eigenvalue weighted by Crippen LogP contribution is -2.26. The molecular weight excluding hydrogens is 184 g/mol. The number of aromatic amines is 1. The summed E-state index contributed by atoms with van der Waals surface area (Å²) in [6.07, 6.45) is 3.38. The third kappa shape index (κ3) is 1.72. The van der Waals surface area contributed by atoms with Crippen molar-refractivity contribution in [2.45, 2.75) is 12.3 Å². The molecule has 0 saturated carbocycles. The van der Waals surface area contributed by atoms with Gasteiger partial charge < -0.3 is 9.72 Å². The molecule has 1 unspecified atom stereocenters. The highest BCUT2D eigenvalue weighted by Gasteiger charge is 2.24. The normalized spacial score (nSPS) is 22.3. The summed E-state index contributed by atoms with van der Waals surface area (Å²) in [5.74, 6) is -0.127. The maximum Gasteiger partial charge on any atom is 0.344 e. The first-order valence-corrected chi connectivity index (χ1v) is 4.42. The second-order valence-electron chi connectivity index (χ2n) is 3.20. The Labute approximate surface area is 80.1 Å². The Bertz CT molecular complexity index is 379. The van der Waals surface area contributed by atoms with Crippen LogP contribution in [0.4, 0.5) is 0 Å². The fraction of sp³-hybridized carbons (Fsp3) is 0.444. The smallest absolute Gasteiger partial charge is 0.344 e. The van der Waals surface area contributed by atoms with Crippen LogP contribution in [0.1, 0.15) is 17.9 Å². The maximum absolute atomic E-state index is 11.5. The van der Waals surface area contributed by atoms with Gasteiger partial charge in [-0.2, -0.15) is 0 Å². The van der Waals surface area contributed by atoms with E-state index in [4.69, 9.17) is 4.74 Å². The second kappa shape index (κ2) is 3.71. The SMILES string of the molecule is O=C1CCOCC1c1cnc(=O)[nH]c1. The number of nitrogens with one attached hydrogen (secondary N) is 1. The molecule has 14 heavy (non-hydrogen) atoms. The quantitative estimate of drug-likeness (QED) is 0.674. The first-order chi connectivity index (χ1) is 6.77. The van der Waals surface area contributed by atoms with Crippen LogP contribution in [0.3, 0.4) is 0 Å². The standard InChI is InChI=1S/C9H10N2O3/c12-8-1-2-14-5-7(8)6-3-10-9(13)11-4-6/h3-4,7H,1-2,5H2,(H,10,11,13). The van der Waals surface area contributed by atoms with Crippen LogP contribution in [0.2, 0.25) is 0 Å². The van der Waals surface area contributed by atoms with E-state index >= 15 is 0 Å².